The Balaban J connectivity index is 1.70. The van der Waals surface area contributed by atoms with Crippen molar-refractivity contribution < 1.29 is 26.7 Å². The normalized spacial score (nSPS) is 16.3. The van der Waals surface area contributed by atoms with E-state index < -0.39 is 19.0 Å². The van der Waals surface area contributed by atoms with Crippen LogP contribution in [-0.2, 0) is 17.9 Å². The molecule has 0 spiro atoms. The van der Waals surface area contributed by atoms with Crippen molar-refractivity contribution in [3.8, 4) is 0 Å². The second-order valence-electron chi connectivity index (χ2n) is 4.58. The van der Waals surface area contributed by atoms with Gasteiger partial charge < -0.3 is 14.5 Å². The average molecular weight is 281 g/mol. The quantitative estimate of drug-likeness (QED) is 0.744. The van der Waals surface area contributed by atoms with Crippen LogP contribution in [0.4, 0.5) is 17.6 Å². The maximum Gasteiger partial charge on any atom is 0.330 e. The number of hydrogen-bond acceptors (Lipinski definition) is 3. The van der Waals surface area contributed by atoms with E-state index in [-0.39, 0.29) is 6.61 Å². The summed E-state index contributed by atoms with van der Waals surface area (Å²) in [6.45, 7) is -0.995. The van der Waals surface area contributed by atoms with Crippen LogP contribution in [0.5, 0.6) is 0 Å². The van der Waals surface area contributed by atoms with Crippen molar-refractivity contribution >= 4 is 0 Å². The summed E-state index contributed by atoms with van der Waals surface area (Å²) in [6, 6.07) is 3.83. The first-order chi connectivity index (χ1) is 8.97. The van der Waals surface area contributed by atoms with E-state index in [1.54, 1.807) is 12.1 Å². The standard InChI is InChI=1S/C12H15F4NO2/c13-11(14)12(15,16)7-18-6-10-4-3-9(19-10)5-17-8-1-2-8/h3-4,8,11,17H,1-2,5-7H2. The number of ether oxygens (including phenoxy) is 1. The third-order valence-corrected chi connectivity index (χ3v) is 2.72. The summed E-state index contributed by atoms with van der Waals surface area (Å²) in [5, 5.41) is 3.23. The lowest BCUT2D eigenvalue weighted by Crippen LogP contribution is -2.32. The summed E-state index contributed by atoms with van der Waals surface area (Å²) in [4.78, 5) is 0. The molecule has 0 unspecified atom stereocenters. The molecule has 2 rings (SSSR count). The highest BCUT2D eigenvalue weighted by Gasteiger charge is 2.41. The van der Waals surface area contributed by atoms with Gasteiger partial charge in [0.15, 0.2) is 0 Å². The molecule has 3 nitrogen and oxygen atoms in total. The predicted molar refractivity (Wildman–Crippen MR) is 59.2 cm³/mol. The molecule has 1 aromatic heterocycles. The summed E-state index contributed by atoms with van der Waals surface area (Å²) in [7, 11) is 0. The van der Waals surface area contributed by atoms with Gasteiger partial charge >= 0.3 is 12.3 Å². The smallest absolute Gasteiger partial charge is 0.330 e. The Morgan fingerprint density at radius 3 is 2.63 bits per heavy atom. The number of alkyl halides is 4. The molecule has 1 saturated carbocycles. The van der Waals surface area contributed by atoms with E-state index in [2.05, 4.69) is 10.1 Å². The van der Waals surface area contributed by atoms with Gasteiger partial charge in [0, 0.05) is 6.04 Å². The van der Waals surface area contributed by atoms with Gasteiger partial charge in [0.2, 0.25) is 0 Å². The minimum Gasteiger partial charge on any atom is -0.462 e. The average Bonchev–Trinajstić information content (AvgIpc) is 3.06. The van der Waals surface area contributed by atoms with Crippen molar-refractivity contribution in [2.24, 2.45) is 0 Å². The molecule has 1 N–H and O–H groups in total. The number of rotatable bonds is 8. The van der Waals surface area contributed by atoms with Crippen LogP contribution >= 0.6 is 0 Å². The molecule has 7 heteroatoms. The molecule has 0 amide bonds. The van der Waals surface area contributed by atoms with Gasteiger partial charge in [-0.15, -0.1) is 0 Å². The summed E-state index contributed by atoms with van der Waals surface area (Å²) < 4.78 is 58.7. The van der Waals surface area contributed by atoms with Crippen LogP contribution in [0, 0.1) is 0 Å². The molecule has 1 aromatic rings. The number of furan rings is 1. The monoisotopic (exact) mass is 281 g/mol. The third-order valence-electron chi connectivity index (χ3n) is 2.72. The van der Waals surface area contributed by atoms with Crippen molar-refractivity contribution in [1.82, 2.24) is 5.32 Å². The lowest BCUT2D eigenvalue weighted by atomic mass is 10.4. The Labute approximate surface area is 107 Å². The Morgan fingerprint density at radius 2 is 2.00 bits per heavy atom. The summed E-state index contributed by atoms with van der Waals surface area (Å²) >= 11 is 0. The molecule has 19 heavy (non-hydrogen) atoms. The molecule has 1 heterocycles. The fraction of sp³-hybridized carbons (Fsp3) is 0.667. The maximum atomic E-state index is 12.6. The SMILES string of the molecule is FC(F)C(F)(F)COCc1ccc(CNC2CC2)o1. The van der Waals surface area contributed by atoms with Crippen LogP contribution < -0.4 is 5.32 Å². The Hall–Kier alpha value is -1.08. The molecule has 0 radical (unpaired) electrons. The van der Waals surface area contributed by atoms with Crippen LogP contribution in [0.25, 0.3) is 0 Å². The highest BCUT2D eigenvalue weighted by Crippen LogP contribution is 2.23. The Bertz CT molecular complexity index is 404. The van der Waals surface area contributed by atoms with Crippen LogP contribution in [-0.4, -0.2) is 25.0 Å². The molecular weight excluding hydrogens is 266 g/mol. The largest absolute Gasteiger partial charge is 0.462 e. The Morgan fingerprint density at radius 1 is 1.32 bits per heavy atom. The molecule has 1 aliphatic rings. The number of nitrogens with one attached hydrogen (secondary N) is 1. The van der Waals surface area contributed by atoms with E-state index in [1.807, 2.05) is 0 Å². The Kier molecular flexibility index (Phi) is 4.46. The summed E-state index contributed by atoms with van der Waals surface area (Å²) in [5.74, 6) is -3.10. The fourth-order valence-corrected chi connectivity index (χ4v) is 1.48. The van der Waals surface area contributed by atoms with Crippen molar-refractivity contribution in [3.63, 3.8) is 0 Å². The molecular formula is C12H15F4NO2. The molecule has 0 aliphatic heterocycles. The molecule has 1 aliphatic carbocycles. The van der Waals surface area contributed by atoms with Gasteiger partial charge in [0.1, 0.15) is 24.7 Å². The number of halogens is 4. The van der Waals surface area contributed by atoms with Crippen LogP contribution in [0.3, 0.4) is 0 Å². The van der Waals surface area contributed by atoms with Crippen LogP contribution in [0.15, 0.2) is 16.5 Å². The maximum absolute atomic E-state index is 12.6. The van der Waals surface area contributed by atoms with E-state index in [4.69, 9.17) is 4.42 Å². The summed E-state index contributed by atoms with van der Waals surface area (Å²) in [5.41, 5.74) is 0. The van der Waals surface area contributed by atoms with E-state index in [0.717, 1.165) is 12.8 Å². The lowest BCUT2D eigenvalue weighted by Gasteiger charge is -2.14. The van der Waals surface area contributed by atoms with Crippen LogP contribution in [0.2, 0.25) is 0 Å². The van der Waals surface area contributed by atoms with Gasteiger partial charge in [-0.1, -0.05) is 0 Å². The molecule has 0 bridgehead atoms. The van der Waals surface area contributed by atoms with Crippen molar-refractivity contribution in [2.75, 3.05) is 6.61 Å². The van der Waals surface area contributed by atoms with Gasteiger partial charge in [-0.25, -0.2) is 8.78 Å². The van der Waals surface area contributed by atoms with Gasteiger partial charge in [-0.3, -0.25) is 0 Å². The number of hydrogen-bond donors (Lipinski definition) is 1. The lowest BCUT2D eigenvalue weighted by molar-refractivity contribution is -0.169. The summed E-state index contributed by atoms with van der Waals surface area (Å²) in [6.07, 6.45) is -1.42. The highest BCUT2D eigenvalue weighted by atomic mass is 19.3. The highest BCUT2D eigenvalue weighted by molar-refractivity contribution is 5.06. The molecule has 0 saturated heterocycles. The topological polar surface area (TPSA) is 34.4 Å². The first-order valence-corrected chi connectivity index (χ1v) is 6.02. The van der Waals surface area contributed by atoms with Crippen molar-refractivity contribution in [3.05, 3.63) is 23.7 Å². The minimum atomic E-state index is -4.12. The zero-order chi connectivity index (χ0) is 13.9. The van der Waals surface area contributed by atoms with Gasteiger partial charge in [0.05, 0.1) is 6.54 Å². The third kappa shape index (κ3) is 4.50. The van der Waals surface area contributed by atoms with E-state index in [1.165, 1.54) is 0 Å². The zero-order valence-corrected chi connectivity index (χ0v) is 10.2. The fourth-order valence-electron chi connectivity index (χ4n) is 1.48. The predicted octanol–water partition coefficient (Wildman–Crippen LogP) is 2.95. The zero-order valence-electron chi connectivity index (χ0n) is 10.2. The molecule has 0 atom stereocenters. The molecule has 1 fully saturated rings. The van der Waals surface area contributed by atoms with Gasteiger partial charge in [-0.05, 0) is 25.0 Å². The van der Waals surface area contributed by atoms with E-state index >= 15 is 0 Å². The van der Waals surface area contributed by atoms with E-state index in [0.29, 0.717) is 24.1 Å². The van der Waals surface area contributed by atoms with Gasteiger partial charge in [0.25, 0.3) is 0 Å². The van der Waals surface area contributed by atoms with Gasteiger partial charge in [-0.2, -0.15) is 8.78 Å². The minimum absolute atomic E-state index is 0.244. The van der Waals surface area contributed by atoms with Crippen molar-refractivity contribution in [1.29, 1.82) is 0 Å². The van der Waals surface area contributed by atoms with E-state index in [9.17, 15) is 17.6 Å². The molecule has 108 valence electrons. The first-order valence-electron chi connectivity index (χ1n) is 6.02. The first kappa shape index (κ1) is 14.3. The second kappa shape index (κ2) is 5.92. The van der Waals surface area contributed by atoms with Crippen molar-refractivity contribution in [2.45, 2.75) is 44.4 Å². The van der Waals surface area contributed by atoms with Crippen LogP contribution in [0.1, 0.15) is 24.4 Å². The second-order valence-corrected chi connectivity index (χ2v) is 4.58. The molecule has 0 aromatic carbocycles.